The lowest BCUT2D eigenvalue weighted by molar-refractivity contribution is -0.148. The Hall–Kier alpha value is -2.11. The van der Waals surface area contributed by atoms with Crippen molar-refractivity contribution < 1.29 is 14.6 Å². The normalized spacial score (nSPS) is 27.4. The van der Waals surface area contributed by atoms with Gasteiger partial charge in [-0.05, 0) is 43.5 Å². The van der Waals surface area contributed by atoms with Crippen molar-refractivity contribution in [2.75, 3.05) is 26.8 Å². The Kier molecular flexibility index (Phi) is 5.56. The van der Waals surface area contributed by atoms with Crippen LogP contribution >= 0.6 is 0 Å². The molecule has 1 aliphatic carbocycles. The number of hydrogen-bond donors (Lipinski definition) is 1. The summed E-state index contributed by atoms with van der Waals surface area (Å²) in [4.78, 5) is 6.74. The van der Waals surface area contributed by atoms with Gasteiger partial charge in [0.2, 0.25) is 0 Å². The summed E-state index contributed by atoms with van der Waals surface area (Å²) in [5, 5.41) is 11.7. The zero-order valence-electron chi connectivity index (χ0n) is 16.8. The van der Waals surface area contributed by atoms with E-state index in [2.05, 4.69) is 22.0 Å². The quantitative estimate of drug-likeness (QED) is 0.827. The molecule has 5 nitrogen and oxygen atoms in total. The van der Waals surface area contributed by atoms with Gasteiger partial charge in [0.25, 0.3) is 0 Å². The standard InChI is InChI=1S/C23H30N2O3/c1-3-28-21-10-9-17(12-22(21)27-2)14-25-15-19-6-4-7-20(16-25)23(19,26)18-8-5-11-24-13-18/h5,8-13,19-20,26H,3-4,6-7,14-16H2,1-2H3. The number of ether oxygens (including phenoxy) is 2. The molecule has 5 heteroatoms. The lowest BCUT2D eigenvalue weighted by atomic mass is 9.63. The predicted molar refractivity (Wildman–Crippen MR) is 108 cm³/mol. The molecular weight excluding hydrogens is 352 g/mol. The van der Waals surface area contributed by atoms with Crippen LogP contribution < -0.4 is 9.47 Å². The molecule has 0 spiro atoms. The van der Waals surface area contributed by atoms with E-state index in [9.17, 15) is 5.11 Å². The summed E-state index contributed by atoms with van der Waals surface area (Å²) >= 11 is 0. The number of fused-ring (bicyclic) bond motifs is 2. The highest BCUT2D eigenvalue weighted by Gasteiger charge is 2.51. The van der Waals surface area contributed by atoms with Crippen molar-refractivity contribution in [1.29, 1.82) is 0 Å². The van der Waals surface area contributed by atoms with Crippen LogP contribution in [0, 0.1) is 11.8 Å². The number of aliphatic hydroxyl groups is 1. The molecule has 1 aromatic heterocycles. The summed E-state index contributed by atoms with van der Waals surface area (Å²) < 4.78 is 11.1. The lowest BCUT2D eigenvalue weighted by Gasteiger charge is -2.53. The molecule has 0 radical (unpaired) electrons. The molecule has 1 saturated heterocycles. The van der Waals surface area contributed by atoms with Crippen LogP contribution in [0.1, 0.15) is 37.3 Å². The first kappa shape index (κ1) is 19.2. The average molecular weight is 383 g/mol. The average Bonchev–Trinajstić information content (AvgIpc) is 2.71. The molecule has 0 amide bonds. The first-order chi connectivity index (χ1) is 13.6. The number of methoxy groups -OCH3 is 1. The van der Waals surface area contributed by atoms with Crippen molar-refractivity contribution in [2.24, 2.45) is 11.8 Å². The fourth-order valence-corrected chi connectivity index (χ4v) is 5.09. The van der Waals surface area contributed by atoms with Crippen molar-refractivity contribution in [2.45, 2.75) is 38.3 Å². The maximum absolute atomic E-state index is 11.7. The molecule has 28 heavy (non-hydrogen) atoms. The Balaban J connectivity index is 1.52. The number of nitrogens with zero attached hydrogens (tertiary/aromatic N) is 2. The van der Waals surface area contributed by atoms with E-state index in [0.29, 0.717) is 6.61 Å². The highest BCUT2D eigenvalue weighted by molar-refractivity contribution is 5.43. The molecule has 1 aliphatic heterocycles. The molecule has 2 unspecified atom stereocenters. The largest absolute Gasteiger partial charge is 0.493 e. The molecule has 1 aromatic carbocycles. The molecule has 150 valence electrons. The van der Waals surface area contributed by atoms with Crippen molar-refractivity contribution in [1.82, 2.24) is 9.88 Å². The van der Waals surface area contributed by atoms with Gasteiger partial charge in [-0.1, -0.05) is 18.6 Å². The van der Waals surface area contributed by atoms with Crippen molar-refractivity contribution in [3.05, 3.63) is 53.9 Å². The fourth-order valence-electron chi connectivity index (χ4n) is 5.09. The van der Waals surface area contributed by atoms with Gasteiger partial charge < -0.3 is 14.6 Å². The third-order valence-electron chi connectivity index (χ3n) is 6.37. The molecule has 2 heterocycles. The smallest absolute Gasteiger partial charge is 0.161 e. The van der Waals surface area contributed by atoms with Gasteiger partial charge in [0, 0.05) is 49.4 Å². The summed E-state index contributed by atoms with van der Waals surface area (Å²) in [6.07, 6.45) is 6.94. The number of pyridine rings is 1. The Morgan fingerprint density at radius 2 is 1.96 bits per heavy atom. The number of aromatic nitrogens is 1. The number of likely N-dealkylation sites (tertiary alicyclic amines) is 1. The van der Waals surface area contributed by atoms with Crippen LogP contribution in [0.4, 0.5) is 0 Å². The maximum atomic E-state index is 11.7. The number of benzene rings is 1. The Morgan fingerprint density at radius 1 is 1.18 bits per heavy atom. The molecule has 2 bridgehead atoms. The minimum absolute atomic E-state index is 0.244. The molecule has 1 saturated carbocycles. The minimum atomic E-state index is -0.750. The third-order valence-corrected chi connectivity index (χ3v) is 6.37. The summed E-state index contributed by atoms with van der Waals surface area (Å²) in [6, 6.07) is 10.1. The molecule has 2 atom stereocenters. The SMILES string of the molecule is CCOc1ccc(CN2CC3CCCC(C2)C3(O)c2cccnc2)cc1OC. The van der Waals surface area contributed by atoms with E-state index in [1.54, 1.807) is 13.3 Å². The van der Waals surface area contributed by atoms with E-state index in [1.807, 2.05) is 31.3 Å². The number of rotatable bonds is 6. The molecule has 2 aliphatic rings. The maximum Gasteiger partial charge on any atom is 0.161 e. The second kappa shape index (κ2) is 8.10. The van der Waals surface area contributed by atoms with E-state index in [1.165, 1.54) is 12.0 Å². The van der Waals surface area contributed by atoms with Gasteiger partial charge in [0.1, 0.15) is 0 Å². The van der Waals surface area contributed by atoms with Gasteiger partial charge in [-0.3, -0.25) is 9.88 Å². The van der Waals surface area contributed by atoms with E-state index in [0.717, 1.165) is 49.5 Å². The van der Waals surface area contributed by atoms with Crippen molar-refractivity contribution >= 4 is 0 Å². The van der Waals surface area contributed by atoms with Crippen LogP contribution in [-0.2, 0) is 12.1 Å². The Labute approximate surface area is 167 Å². The van der Waals surface area contributed by atoms with Crippen LogP contribution in [0.25, 0.3) is 0 Å². The van der Waals surface area contributed by atoms with E-state index < -0.39 is 5.60 Å². The van der Waals surface area contributed by atoms with Gasteiger partial charge in [-0.2, -0.15) is 0 Å². The van der Waals surface area contributed by atoms with Crippen LogP contribution in [0.15, 0.2) is 42.7 Å². The highest BCUT2D eigenvalue weighted by atomic mass is 16.5. The molecule has 1 N–H and O–H groups in total. The summed E-state index contributed by atoms with van der Waals surface area (Å²) in [7, 11) is 1.68. The summed E-state index contributed by atoms with van der Waals surface area (Å²) in [5.74, 6) is 2.06. The van der Waals surface area contributed by atoms with Gasteiger partial charge in [0.15, 0.2) is 11.5 Å². The third kappa shape index (κ3) is 3.49. The topological polar surface area (TPSA) is 54.8 Å². The molecular formula is C23H30N2O3. The van der Waals surface area contributed by atoms with Crippen molar-refractivity contribution in [3.8, 4) is 11.5 Å². The predicted octanol–water partition coefficient (Wildman–Crippen LogP) is 3.61. The first-order valence-corrected chi connectivity index (χ1v) is 10.3. The second-order valence-corrected chi connectivity index (χ2v) is 8.00. The zero-order chi connectivity index (χ0) is 19.6. The van der Waals surface area contributed by atoms with E-state index in [-0.39, 0.29) is 11.8 Å². The van der Waals surface area contributed by atoms with Gasteiger partial charge in [-0.25, -0.2) is 0 Å². The second-order valence-electron chi connectivity index (χ2n) is 8.00. The fraction of sp³-hybridized carbons (Fsp3) is 0.522. The Morgan fingerprint density at radius 3 is 2.61 bits per heavy atom. The van der Waals surface area contributed by atoms with Crippen LogP contribution in [0.3, 0.4) is 0 Å². The van der Waals surface area contributed by atoms with Crippen LogP contribution in [0.5, 0.6) is 11.5 Å². The molecule has 4 rings (SSSR count). The minimum Gasteiger partial charge on any atom is -0.493 e. The highest BCUT2D eigenvalue weighted by Crippen LogP contribution is 2.49. The monoisotopic (exact) mass is 382 g/mol. The van der Waals surface area contributed by atoms with Crippen LogP contribution in [0.2, 0.25) is 0 Å². The summed E-state index contributed by atoms with van der Waals surface area (Å²) in [6.45, 7) is 5.26. The van der Waals surface area contributed by atoms with Crippen molar-refractivity contribution in [3.63, 3.8) is 0 Å². The zero-order valence-corrected chi connectivity index (χ0v) is 16.8. The Bertz CT molecular complexity index is 782. The van der Waals surface area contributed by atoms with E-state index >= 15 is 0 Å². The molecule has 2 fully saturated rings. The van der Waals surface area contributed by atoms with E-state index in [4.69, 9.17) is 9.47 Å². The number of hydrogen-bond acceptors (Lipinski definition) is 5. The van der Waals surface area contributed by atoms with Gasteiger partial charge in [0.05, 0.1) is 19.3 Å². The molecule has 2 aromatic rings. The van der Waals surface area contributed by atoms with Crippen LogP contribution in [-0.4, -0.2) is 41.8 Å². The van der Waals surface area contributed by atoms with Gasteiger partial charge in [-0.15, -0.1) is 0 Å². The summed E-state index contributed by atoms with van der Waals surface area (Å²) in [5.41, 5.74) is 1.44. The first-order valence-electron chi connectivity index (χ1n) is 10.3. The number of piperidine rings is 1. The van der Waals surface area contributed by atoms with Gasteiger partial charge >= 0.3 is 0 Å². The lowest BCUT2D eigenvalue weighted by Crippen LogP contribution is -2.57.